The van der Waals surface area contributed by atoms with Crippen LogP contribution >= 0.6 is 34.8 Å². The fourth-order valence-electron chi connectivity index (χ4n) is 0.124. The van der Waals surface area contributed by atoms with E-state index < -0.39 is 5.91 Å². The van der Waals surface area contributed by atoms with Crippen LogP contribution in [0, 0.1) is 0 Å². The molecule has 0 bridgehead atoms. The molecular formula is C3H2Cl3NO. The maximum atomic E-state index is 10.1. The molecule has 0 spiro atoms. The summed E-state index contributed by atoms with van der Waals surface area (Å²) in [5, 5.41) is 0. The zero-order valence-corrected chi connectivity index (χ0v) is 5.96. The first kappa shape index (κ1) is 8.21. The van der Waals surface area contributed by atoms with E-state index in [0.717, 1.165) is 0 Å². The van der Waals surface area contributed by atoms with Crippen LogP contribution in [0.1, 0.15) is 0 Å². The molecule has 0 rings (SSSR count). The Morgan fingerprint density at radius 3 is 2.12 bits per heavy atom. The van der Waals surface area contributed by atoms with Gasteiger partial charge in [0.2, 0.25) is 0 Å². The van der Waals surface area contributed by atoms with Gasteiger partial charge in [0.05, 0.1) is 0 Å². The molecule has 46 valence electrons. The Hall–Kier alpha value is 0.210. The van der Waals surface area contributed by atoms with Crippen LogP contribution in [-0.2, 0) is 4.79 Å². The van der Waals surface area contributed by atoms with Gasteiger partial charge in [0.25, 0.3) is 5.91 Å². The van der Waals surface area contributed by atoms with Gasteiger partial charge in [-0.1, -0.05) is 0 Å². The van der Waals surface area contributed by atoms with Crippen LogP contribution in [0.15, 0.2) is 4.99 Å². The summed E-state index contributed by atoms with van der Waals surface area (Å²) in [5.41, 5.74) is 0. The zero-order valence-electron chi connectivity index (χ0n) is 3.70. The van der Waals surface area contributed by atoms with Crippen molar-refractivity contribution in [1.29, 1.82) is 0 Å². The van der Waals surface area contributed by atoms with Crippen LogP contribution in [0.4, 0.5) is 0 Å². The average molecular weight is 174 g/mol. The number of alkyl halides is 1. The summed E-state index contributed by atoms with van der Waals surface area (Å²) in [6.45, 7) is 0. The Morgan fingerprint density at radius 1 is 1.50 bits per heavy atom. The van der Waals surface area contributed by atoms with Gasteiger partial charge in [0.1, 0.15) is 5.88 Å². The summed E-state index contributed by atoms with van der Waals surface area (Å²) in [5.74, 6) is -0.727. The molecule has 0 atom stereocenters. The number of nitrogens with zero attached hydrogens (tertiary/aromatic N) is 1. The van der Waals surface area contributed by atoms with Gasteiger partial charge in [-0.2, -0.15) is 4.99 Å². The van der Waals surface area contributed by atoms with Crippen molar-refractivity contribution in [3.05, 3.63) is 0 Å². The number of carbonyl (C=O) groups excluding carboxylic acids is 1. The van der Waals surface area contributed by atoms with Crippen LogP contribution < -0.4 is 0 Å². The second kappa shape index (κ2) is 4.13. The van der Waals surface area contributed by atoms with E-state index in [0.29, 0.717) is 0 Å². The number of aliphatic imine (C=N–C) groups is 1. The van der Waals surface area contributed by atoms with Crippen LogP contribution in [0.3, 0.4) is 0 Å². The standard InChI is InChI=1S/C3H2Cl3NO/c4-1-2(8)7-3(5)6/h1H2. The Labute approximate surface area is 61.4 Å². The first-order chi connectivity index (χ1) is 3.66. The molecule has 0 aromatic carbocycles. The van der Waals surface area contributed by atoms with Crippen LogP contribution in [0.25, 0.3) is 0 Å². The lowest BCUT2D eigenvalue weighted by Crippen LogP contribution is -1.94. The van der Waals surface area contributed by atoms with Gasteiger partial charge in [-0.05, 0) is 23.2 Å². The quantitative estimate of drug-likeness (QED) is 0.438. The van der Waals surface area contributed by atoms with Gasteiger partial charge in [-0.3, -0.25) is 4.79 Å². The third-order valence-electron chi connectivity index (χ3n) is 0.324. The number of amides is 1. The van der Waals surface area contributed by atoms with E-state index in [1.165, 1.54) is 0 Å². The third kappa shape index (κ3) is 4.37. The van der Waals surface area contributed by atoms with Gasteiger partial charge < -0.3 is 0 Å². The molecule has 0 aliphatic rings. The number of halogens is 3. The predicted molar refractivity (Wildman–Crippen MR) is 34.9 cm³/mol. The number of carbonyl (C=O) groups is 1. The van der Waals surface area contributed by atoms with Gasteiger partial charge in [0.15, 0.2) is 4.63 Å². The van der Waals surface area contributed by atoms with E-state index in [1.54, 1.807) is 0 Å². The predicted octanol–water partition coefficient (Wildman–Crippen LogP) is 1.59. The molecule has 0 aromatic rings. The van der Waals surface area contributed by atoms with Crippen molar-refractivity contribution in [3.63, 3.8) is 0 Å². The third-order valence-corrected chi connectivity index (χ3v) is 0.721. The zero-order chi connectivity index (χ0) is 6.57. The van der Waals surface area contributed by atoms with Gasteiger partial charge in [-0.25, -0.2) is 0 Å². The summed E-state index contributed by atoms with van der Waals surface area (Å²) in [7, 11) is 0. The van der Waals surface area contributed by atoms with Crippen molar-refractivity contribution < 1.29 is 4.79 Å². The van der Waals surface area contributed by atoms with E-state index in [-0.39, 0.29) is 10.5 Å². The number of hydrogen-bond donors (Lipinski definition) is 0. The fourth-order valence-corrected chi connectivity index (χ4v) is 0.372. The first-order valence-corrected chi connectivity index (χ1v) is 2.94. The van der Waals surface area contributed by atoms with E-state index in [4.69, 9.17) is 34.8 Å². The Kier molecular flexibility index (Phi) is 4.23. The second-order valence-corrected chi connectivity index (χ2v) is 2.06. The van der Waals surface area contributed by atoms with Crippen molar-refractivity contribution in [3.8, 4) is 0 Å². The van der Waals surface area contributed by atoms with E-state index >= 15 is 0 Å². The van der Waals surface area contributed by atoms with Crippen molar-refractivity contribution in [2.45, 2.75) is 0 Å². The molecule has 0 heterocycles. The molecule has 5 heteroatoms. The summed E-state index contributed by atoms with van der Waals surface area (Å²) < 4.78 is -0.310. The number of hydrogen-bond acceptors (Lipinski definition) is 1. The number of rotatable bonds is 1. The molecule has 0 fully saturated rings. The first-order valence-electron chi connectivity index (χ1n) is 1.65. The molecular weight excluding hydrogens is 172 g/mol. The van der Waals surface area contributed by atoms with Gasteiger partial charge >= 0.3 is 0 Å². The summed E-state index contributed by atoms with van der Waals surface area (Å²) in [6.07, 6.45) is 0. The summed E-state index contributed by atoms with van der Waals surface area (Å²) in [6, 6.07) is 0. The highest BCUT2D eigenvalue weighted by molar-refractivity contribution is 6.95. The molecule has 0 saturated heterocycles. The molecule has 1 amide bonds. The molecule has 2 nitrogen and oxygen atoms in total. The molecule has 0 aliphatic heterocycles. The van der Waals surface area contributed by atoms with E-state index in [2.05, 4.69) is 4.99 Å². The highest BCUT2D eigenvalue weighted by atomic mass is 35.5. The molecule has 0 unspecified atom stereocenters. The highest BCUT2D eigenvalue weighted by Gasteiger charge is 1.94. The van der Waals surface area contributed by atoms with Crippen molar-refractivity contribution in [2.75, 3.05) is 5.88 Å². The lowest BCUT2D eigenvalue weighted by Gasteiger charge is -1.80. The normalized spacial score (nSPS) is 8.38. The summed E-state index contributed by atoms with van der Waals surface area (Å²) in [4.78, 5) is 13.2. The lowest BCUT2D eigenvalue weighted by molar-refractivity contribution is -0.115. The summed E-state index contributed by atoms with van der Waals surface area (Å²) >= 11 is 15.0. The van der Waals surface area contributed by atoms with Crippen molar-refractivity contribution in [2.24, 2.45) is 4.99 Å². The largest absolute Gasteiger partial charge is 0.271 e. The molecule has 8 heavy (non-hydrogen) atoms. The highest BCUT2D eigenvalue weighted by Crippen LogP contribution is 1.92. The van der Waals surface area contributed by atoms with Crippen molar-refractivity contribution in [1.82, 2.24) is 0 Å². The topological polar surface area (TPSA) is 29.4 Å². The second-order valence-electron chi connectivity index (χ2n) is 0.880. The average Bonchev–Trinajstić information content (AvgIpc) is 1.65. The van der Waals surface area contributed by atoms with Gasteiger partial charge in [-0.15, -0.1) is 11.6 Å². The maximum Gasteiger partial charge on any atom is 0.262 e. The molecule has 0 aromatic heterocycles. The molecule has 0 N–H and O–H groups in total. The molecule has 0 aliphatic carbocycles. The molecule has 0 radical (unpaired) electrons. The Bertz CT molecular complexity index is 118. The Morgan fingerprint density at radius 2 is 2.00 bits per heavy atom. The monoisotopic (exact) mass is 173 g/mol. The van der Waals surface area contributed by atoms with Crippen LogP contribution in [0.2, 0.25) is 0 Å². The van der Waals surface area contributed by atoms with E-state index in [1.807, 2.05) is 0 Å². The minimum atomic E-state index is -0.535. The van der Waals surface area contributed by atoms with E-state index in [9.17, 15) is 4.79 Å². The van der Waals surface area contributed by atoms with Crippen LogP contribution in [0.5, 0.6) is 0 Å². The van der Waals surface area contributed by atoms with Crippen molar-refractivity contribution >= 4 is 45.3 Å². The minimum Gasteiger partial charge on any atom is -0.271 e. The fraction of sp³-hybridized carbons (Fsp3) is 0.333. The SMILES string of the molecule is O=C(CCl)N=C(Cl)Cl. The smallest absolute Gasteiger partial charge is 0.262 e. The van der Waals surface area contributed by atoms with Crippen LogP contribution in [-0.4, -0.2) is 16.4 Å². The minimum absolute atomic E-state index is 0.192. The van der Waals surface area contributed by atoms with Gasteiger partial charge in [0, 0.05) is 0 Å². The maximum absolute atomic E-state index is 10.1. The molecule has 0 saturated carbocycles. The lowest BCUT2D eigenvalue weighted by atomic mass is 10.7. The Balaban J connectivity index is 3.70.